The van der Waals surface area contributed by atoms with E-state index in [2.05, 4.69) is 4.99 Å². The molecule has 0 bridgehead atoms. The van der Waals surface area contributed by atoms with Gasteiger partial charge in [-0.3, -0.25) is 4.79 Å². The van der Waals surface area contributed by atoms with Gasteiger partial charge in [-0.1, -0.05) is 0 Å². The number of Topliss-reactive ketones (excluding diaryl/α,β-unsaturated/α-hetero) is 1. The third kappa shape index (κ3) is 5.02. The molecule has 0 aromatic rings. The molecule has 0 aromatic carbocycles. The van der Waals surface area contributed by atoms with Gasteiger partial charge in [0.15, 0.2) is 0 Å². The largest absolute Gasteiger partial charge is 0.442 e. The molecule has 1 heterocycles. The molecular weight excluding hydrogens is 210 g/mol. The van der Waals surface area contributed by atoms with Crippen molar-refractivity contribution in [2.24, 2.45) is 4.99 Å². The predicted molar refractivity (Wildman–Crippen MR) is 58.7 cm³/mol. The maximum Gasteiger partial charge on any atom is 0.433 e. The summed E-state index contributed by atoms with van der Waals surface area (Å²) in [5.74, 6) is 0.131. The Bertz CT molecular complexity index is 304. The Balaban J connectivity index is 2.41. The van der Waals surface area contributed by atoms with Gasteiger partial charge in [0.1, 0.15) is 11.4 Å². The lowest BCUT2D eigenvalue weighted by Crippen LogP contribution is -2.27. The summed E-state index contributed by atoms with van der Waals surface area (Å²) in [7, 11) is 0. The molecule has 0 aromatic heterocycles. The van der Waals surface area contributed by atoms with Gasteiger partial charge in [0.2, 0.25) is 0 Å². The summed E-state index contributed by atoms with van der Waals surface area (Å²) in [4.78, 5) is 25.9. The second-order valence-electron chi connectivity index (χ2n) is 4.66. The van der Waals surface area contributed by atoms with Crippen molar-refractivity contribution in [3.63, 3.8) is 0 Å². The molecule has 1 rings (SSSR count). The summed E-state index contributed by atoms with van der Waals surface area (Å²) in [5.41, 5.74) is -0.558. The lowest BCUT2D eigenvalue weighted by molar-refractivity contribution is -0.125. The zero-order valence-electron chi connectivity index (χ0n) is 9.86. The molecular formula is C11H17NO4. The molecule has 5 heteroatoms. The summed E-state index contributed by atoms with van der Waals surface area (Å²) in [6.07, 6.45) is 1.01. The van der Waals surface area contributed by atoms with Crippen molar-refractivity contribution < 1.29 is 19.1 Å². The molecule has 0 N–H and O–H groups in total. The Morgan fingerprint density at radius 2 is 2.25 bits per heavy atom. The summed E-state index contributed by atoms with van der Waals surface area (Å²) in [5, 5.41) is 0. The molecule has 5 nitrogen and oxygen atoms in total. The summed E-state index contributed by atoms with van der Waals surface area (Å²) >= 11 is 0. The molecule has 1 aliphatic rings. The number of carbonyl (C=O) groups is 2. The van der Waals surface area contributed by atoms with Crippen molar-refractivity contribution in [3.05, 3.63) is 0 Å². The number of hydrogen-bond donors (Lipinski definition) is 0. The normalized spacial score (nSPS) is 22.4. The van der Waals surface area contributed by atoms with Gasteiger partial charge in [-0.15, -0.1) is 0 Å². The molecule has 1 aliphatic heterocycles. The van der Waals surface area contributed by atoms with E-state index in [1.54, 1.807) is 20.8 Å². The number of aliphatic imine (C=N–C) groups is 1. The fourth-order valence-electron chi connectivity index (χ4n) is 1.24. The van der Waals surface area contributed by atoms with Crippen molar-refractivity contribution in [3.8, 4) is 0 Å². The van der Waals surface area contributed by atoms with Gasteiger partial charge in [0.25, 0.3) is 0 Å². The molecule has 16 heavy (non-hydrogen) atoms. The highest BCUT2D eigenvalue weighted by Crippen LogP contribution is 2.10. The van der Waals surface area contributed by atoms with Crippen LogP contribution in [0.2, 0.25) is 0 Å². The average Bonchev–Trinajstić information content (AvgIpc) is 2.12. The van der Waals surface area contributed by atoms with E-state index < -0.39 is 17.8 Å². The molecule has 90 valence electrons. The smallest absolute Gasteiger partial charge is 0.433 e. The first-order valence-electron chi connectivity index (χ1n) is 5.27. The maximum atomic E-state index is 11.2. The number of carbonyl (C=O) groups excluding carboxylic acids is 2. The Labute approximate surface area is 94.8 Å². The molecule has 1 fully saturated rings. The van der Waals surface area contributed by atoms with Crippen LogP contribution in [-0.4, -0.2) is 36.4 Å². The number of ketones is 1. The van der Waals surface area contributed by atoms with Gasteiger partial charge in [-0.2, -0.15) is 4.99 Å². The first-order chi connectivity index (χ1) is 7.37. The van der Waals surface area contributed by atoms with Gasteiger partial charge >= 0.3 is 6.09 Å². The number of hydrogen-bond acceptors (Lipinski definition) is 4. The fraction of sp³-hybridized carbons (Fsp3) is 0.727. The zero-order chi connectivity index (χ0) is 12.2. The van der Waals surface area contributed by atoms with E-state index in [1.165, 1.54) is 6.21 Å². The van der Waals surface area contributed by atoms with Crippen LogP contribution < -0.4 is 0 Å². The minimum absolute atomic E-state index is 0.131. The van der Waals surface area contributed by atoms with E-state index >= 15 is 0 Å². The molecule has 0 radical (unpaired) electrons. The van der Waals surface area contributed by atoms with Gasteiger partial charge < -0.3 is 9.47 Å². The monoisotopic (exact) mass is 227 g/mol. The van der Waals surface area contributed by atoms with Gasteiger partial charge in [0, 0.05) is 19.1 Å². The summed E-state index contributed by atoms with van der Waals surface area (Å²) in [6, 6.07) is 0. The number of amides is 1. The molecule has 0 saturated carbocycles. The first kappa shape index (κ1) is 12.8. The topological polar surface area (TPSA) is 65.0 Å². The molecule has 0 aliphatic carbocycles. The Kier molecular flexibility index (Phi) is 4.18. The number of rotatable bonds is 1. The Hall–Kier alpha value is -1.23. The molecule has 1 amide bonds. The lowest BCUT2D eigenvalue weighted by Gasteiger charge is -2.19. The van der Waals surface area contributed by atoms with Crippen molar-refractivity contribution in [1.82, 2.24) is 0 Å². The van der Waals surface area contributed by atoms with E-state index in [9.17, 15) is 9.59 Å². The van der Waals surface area contributed by atoms with Crippen LogP contribution in [0.3, 0.4) is 0 Å². The van der Waals surface area contributed by atoms with E-state index in [0.29, 0.717) is 13.0 Å². The molecule has 0 spiro atoms. The van der Waals surface area contributed by atoms with E-state index in [4.69, 9.17) is 9.47 Å². The van der Waals surface area contributed by atoms with Gasteiger partial charge in [0.05, 0.1) is 12.7 Å². The van der Waals surface area contributed by atoms with Crippen LogP contribution in [0.5, 0.6) is 0 Å². The number of ether oxygens (including phenoxy) is 2. The van der Waals surface area contributed by atoms with Crippen molar-refractivity contribution in [2.45, 2.75) is 45.3 Å². The van der Waals surface area contributed by atoms with Crippen molar-refractivity contribution in [1.29, 1.82) is 0 Å². The summed E-state index contributed by atoms with van der Waals surface area (Å²) in [6.45, 7) is 5.69. The highest BCUT2D eigenvalue weighted by Gasteiger charge is 2.19. The minimum Gasteiger partial charge on any atom is -0.442 e. The average molecular weight is 227 g/mol. The van der Waals surface area contributed by atoms with E-state index in [0.717, 1.165) is 0 Å². The second kappa shape index (κ2) is 5.21. The third-order valence-corrected chi connectivity index (χ3v) is 1.88. The van der Waals surface area contributed by atoms with Crippen LogP contribution in [0.25, 0.3) is 0 Å². The third-order valence-electron chi connectivity index (χ3n) is 1.88. The Morgan fingerprint density at radius 1 is 1.56 bits per heavy atom. The SMILES string of the molecule is CC(C)(C)OC(=O)/N=C/C1CC(=O)CCO1. The van der Waals surface area contributed by atoms with E-state index in [1.807, 2.05) is 0 Å². The first-order valence-corrected chi connectivity index (χ1v) is 5.27. The minimum atomic E-state index is -0.658. The van der Waals surface area contributed by atoms with Gasteiger partial charge in [-0.25, -0.2) is 4.79 Å². The fourth-order valence-corrected chi connectivity index (χ4v) is 1.24. The van der Waals surface area contributed by atoms with Crippen LogP contribution in [0.15, 0.2) is 4.99 Å². The second-order valence-corrected chi connectivity index (χ2v) is 4.66. The van der Waals surface area contributed by atoms with Crippen molar-refractivity contribution in [2.75, 3.05) is 6.61 Å². The van der Waals surface area contributed by atoms with Crippen LogP contribution in [0.4, 0.5) is 4.79 Å². The van der Waals surface area contributed by atoms with Crippen LogP contribution in [-0.2, 0) is 14.3 Å². The maximum absolute atomic E-state index is 11.2. The number of nitrogens with zero attached hydrogens (tertiary/aromatic N) is 1. The summed E-state index contributed by atoms with van der Waals surface area (Å²) < 4.78 is 10.2. The highest BCUT2D eigenvalue weighted by atomic mass is 16.6. The quantitative estimate of drug-likeness (QED) is 0.640. The standard InChI is InChI=1S/C11H17NO4/c1-11(2,3)16-10(14)12-7-9-6-8(13)4-5-15-9/h7,9H,4-6H2,1-3H3/b12-7+. The molecule has 1 atom stereocenters. The predicted octanol–water partition coefficient (Wildman–Crippen LogP) is 1.74. The van der Waals surface area contributed by atoms with E-state index in [-0.39, 0.29) is 12.2 Å². The molecule has 1 saturated heterocycles. The van der Waals surface area contributed by atoms with Crippen LogP contribution in [0, 0.1) is 0 Å². The van der Waals surface area contributed by atoms with Crippen LogP contribution in [0.1, 0.15) is 33.6 Å². The highest BCUT2D eigenvalue weighted by molar-refractivity contribution is 5.87. The van der Waals surface area contributed by atoms with Gasteiger partial charge in [-0.05, 0) is 20.8 Å². The zero-order valence-corrected chi connectivity index (χ0v) is 9.86. The molecule has 1 unspecified atom stereocenters. The Morgan fingerprint density at radius 3 is 2.81 bits per heavy atom. The lowest BCUT2D eigenvalue weighted by atomic mass is 10.1. The van der Waals surface area contributed by atoms with Crippen LogP contribution >= 0.6 is 0 Å². The van der Waals surface area contributed by atoms with Crippen molar-refractivity contribution >= 4 is 18.1 Å².